The van der Waals surface area contributed by atoms with Gasteiger partial charge in [0.05, 0.1) is 23.7 Å². The van der Waals surface area contributed by atoms with Crippen LogP contribution in [0.1, 0.15) is 39.4 Å². The molecule has 0 saturated carbocycles. The average Bonchev–Trinajstić information content (AvgIpc) is 3.35. The number of aromatic nitrogens is 6. The Morgan fingerprint density at radius 2 is 2.17 bits per heavy atom. The van der Waals surface area contributed by atoms with Gasteiger partial charge in [0, 0.05) is 25.8 Å². The first-order chi connectivity index (χ1) is 14.0. The monoisotopic (exact) mass is 395 g/mol. The minimum atomic E-state index is -1.10. The van der Waals surface area contributed by atoms with Crippen molar-refractivity contribution in [1.29, 1.82) is 0 Å². The van der Waals surface area contributed by atoms with E-state index in [-0.39, 0.29) is 17.5 Å². The average molecular weight is 395 g/mol. The van der Waals surface area contributed by atoms with Crippen LogP contribution >= 0.6 is 0 Å². The van der Waals surface area contributed by atoms with Crippen LogP contribution in [0.3, 0.4) is 0 Å². The summed E-state index contributed by atoms with van der Waals surface area (Å²) < 4.78 is 3.20. The lowest BCUT2D eigenvalue weighted by Gasteiger charge is -2.32. The molecule has 0 spiro atoms. The maximum absolute atomic E-state index is 13.1. The number of pyridine rings is 1. The molecule has 1 aliphatic heterocycles. The Kier molecular flexibility index (Phi) is 5.07. The molecule has 0 aromatic carbocycles. The van der Waals surface area contributed by atoms with Crippen molar-refractivity contribution in [2.24, 2.45) is 5.92 Å². The molecule has 0 aliphatic carbocycles. The highest BCUT2D eigenvalue weighted by atomic mass is 16.4. The zero-order valence-corrected chi connectivity index (χ0v) is 16.0. The number of likely N-dealkylation sites (tertiary alicyclic amines) is 1. The summed E-state index contributed by atoms with van der Waals surface area (Å²) >= 11 is 0. The van der Waals surface area contributed by atoms with Crippen molar-refractivity contribution >= 4 is 11.9 Å². The Balaban J connectivity index is 1.46. The minimum Gasteiger partial charge on any atom is -0.476 e. The van der Waals surface area contributed by atoms with Crippen LogP contribution in [0.4, 0.5) is 0 Å². The molecule has 10 nitrogen and oxygen atoms in total. The Morgan fingerprint density at radius 1 is 1.31 bits per heavy atom. The molecule has 3 aromatic rings. The predicted octanol–water partition coefficient (Wildman–Crippen LogP) is 1.42. The van der Waals surface area contributed by atoms with Crippen LogP contribution in [0.2, 0.25) is 0 Å². The number of carbonyl (C=O) groups is 2. The van der Waals surface area contributed by atoms with E-state index >= 15 is 0 Å². The summed E-state index contributed by atoms with van der Waals surface area (Å²) in [6.45, 7) is 3.64. The quantitative estimate of drug-likeness (QED) is 0.694. The number of hydrogen-bond acceptors (Lipinski definition) is 6. The highest BCUT2D eigenvalue weighted by molar-refractivity contribution is 5.95. The number of carboxylic acid groups (broad SMARTS) is 1. The topological polar surface area (TPSA) is 119 Å². The Morgan fingerprint density at radius 3 is 2.90 bits per heavy atom. The minimum absolute atomic E-state index is 0.0563. The Bertz CT molecular complexity index is 1030. The van der Waals surface area contributed by atoms with E-state index in [1.807, 2.05) is 30.0 Å². The number of aromatic carboxylic acids is 1. The predicted molar refractivity (Wildman–Crippen MR) is 102 cm³/mol. The second-order valence-electron chi connectivity index (χ2n) is 7.13. The molecule has 0 radical (unpaired) electrons. The van der Waals surface area contributed by atoms with Gasteiger partial charge in [0.25, 0.3) is 5.91 Å². The van der Waals surface area contributed by atoms with Crippen molar-refractivity contribution < 1.29 is 14.7 Å². The van der Waals surface area contributed by atoms with E-state index < -0.39 is 5.97 Å². The van der Waals surface area contributed by atoms with Crippen LogP contribution in [-0.2, 0) is 6.54 Å². The van der Waals surface area contributed by atoms with E-state index in [0.717, 1.165) is 18.5 Å². The van der Waals surface area contributed by atoms with E-state index in [1.165, 1.54) is 10.9 Å². The van der Waals surface area contributed by atoms with E-state index in [1.54, 1.807) is 17.1 Å². The van der Waals surface area contributed by atoms with Crippen LogP contribution in [0.15, 0.2) is 36.8 Å². The third-order valence-corrected chi connectivity index (χ3v) is 5.12. The smallest absolute Gasteiger partial charge is 0.358 e. The van der Waals surface area contributed by atoms with Crippen molar-refractivity contribution in [2.45, 2.75) is 26.3 Å². The molecule has 10 heteroatoms. The second-order valence-corrected chi connectivity index (χ2v) is 7.13. The normalized spacial score (nSPS) is 16.7. The van der Waals surface area contributed by atoms with Gasteiger partial charge in [-0.05, 0) is 37.8 Å². The molecule has 4 rings (SSSR count). The standard InChI is InChI=1S/C19H21N7O3/c1-13-15(9-21-26(13)17-6-2-3-7-20-17)18(27)24-8-4-5-14(10-24)11-25-12-16(19(28)29)22-23-25/h2-3,6-7,9,12,14H,4-5,8,10-11H2,1H3,(H,28,29)/t14-/m1/s1. The van der Waals surface area contributed by atoms with Crippen LogP contribution in [0.5, 0.6) is 0 Å². The van der Waals surface area contributed by atoms with Gasteiger partial charge in [-0.2, -0.15) is 5.10 Å². The highest BCUT2D eigenvalue weighted by Crippen LogP contribution is 2.22. The molecule has 1 atom stereocenters. The van der Waals surface area contributed by atoms with Gasteiger partial charge in [0.1, 0.15) is 0 Å². The third-order valence-electron chi connectivity index (χ3n) is 5.12. The fourth-order valence-corrected chi connectivity index (χ4v) is 3.65. The molecule has 1 amide bonds. The number of carbonyl (C=O) groups excluding carboxylic acids is 1. The van der Waals surface area contributed by atoms with Gasteiger partial charge in [-0.1, -0.05) is 11.3 Å². The molecule has 1 saturated heterocycles. The number of carboxylic acids is 1. The number of hydrogen-bond donors (Lipinski definition) is 1. The maximum Gasteiger partial charge on any atom is 0.358 e. The third kappa shape index (κ3) is 3.86. The molecule has 1 N–H and O–H groups in total. The number of amides is 1. The maximum atomic E-state index is 13.1. The zero-order valence-electron chi connectivity index (χ0n) is 16.0. The largest absolute Gasteiger partial charge is 0.476 e. The van der Waals surface area contributed by atoms with E-state index in [2.05, 4.69) is 20.4 Å². The summed E-state index contributed by atoms with van der Waals surface area (Å²) in [5.74, 6) is -0.306. The molecular formula is C19H21N7O3. The van der Waals surface area contributed by atoms with Crippen LogP contribution in [0, 0.1) is 12.8 Å². The summed E-state index contributed by atoms with van der Waals surface area (Å²) in [7, 11) is 0. The lowest BCUT2D eigenvalue weighted by atomic mass is 9.97. The lowest BCUT2D eigenvalue weighted by molar-refractivity contribution is 0.0657. The molecule has 1 fully saturated rings. The van der Waals surface area contributed by atoms with Crippen molar-refractivity contribution in [3.8, 4) is 5.82 Å². The van der Waals surface area contributed by atoms with Gasteiger partial charge in [-0.3, -0.25) is 9.48 Å². The SMILES string of the molecule is Cc1c(C(=O)N2CCC[C@@H](Cn3cc(C(=O)O)nn3)C2)cnn1-c1ccccn1. The van der Waals surface area contributed by atoms with Gasteiger partial charge < -0.3 is 10.0 Å². The first kappa shape index (κ1) is 18.8. The molecule has 150 valence electrons. The Labute approximate surface area is 166 Å². The van der Waals surface area contributed by atoms with E-state index in [9.17, 15) is 9.59 Å². The fraction of sp³-hybridized carbons (Fsp3) is 0.368. The fourth-order valence-electron chi connectivity index (χ4n) is 3.65. The summed E-state index contributed by atoms with van der Waals surface area (Å²) in [4.78, 5) is 30.2. The summed E-state index contributed by atoms with van der Waals surface area (Å²) in [5, 5.41) is 20.8. The number of rotatable bonds is 5. The molecule has 29 heavy (non-hydrogen) atoms. The molecular weight excluding hydrogens is 374 g/mol. The van der Waals surface area contributed by atoms with Crippen LogP contribution < -0.4 is 0 Å². The van der Waals surface area contributed by atoms with Gasteiger partial charge in [-0.25, -0.2) is 14.5 Å². The molecule has 3 aromatic heterocycles. The van der Waals surface area contributed by atoms with Gasteiger partial charge in [0.15, 0.2) is 11.5 Å². The van der Waals surface area contributed by atoms with Crippen LogP contribution in [-0.4, -0.2) is 64.7 Å². The van der Waals surface area contributed by atoms with Gasteiger partial charge in [0.2, 0.25) is 0 Å². The van der Waals surface area contributed by atoms with Gasteiger partial charge >= 0.3 is 5.97 Å². The van der Waals surface area contributed by atoms with Gasteiger partial charge in [-0.15, -0.1) is 5.10 Å². The van der Waals surface area contributed by atoms with Crippen molar-refractivity contribution in [1.82, 2.24) is 34.7 Å². The highest BCUT2D eigenvalue weighted by Gasteiger charge is 2.27. The second kappa shape index (κ2) is 7.82. The molecule has 0 bridgehead atoms. The lowest BCUT2D eigenvalue weighted by Crippen LogP contribution is -2.41. The van der Waals surface area contributed by atoms with Crippen LogP contribution in [0.25, 0.3) is 5.82 Å². The number of piperidine rings is 1. The van der Waals surface area contributed by atoms with Crippen molar-refractivity contribution in [2.75, 3.05) is 13.1 Å². The first-order valence-electron chi connectivity index (χ1n) is 9.41. The molecule has 0 unspecified atom stereocenters. The number of nitrogens with zero attached hydrogens (tertiary/aromatic N) is 7. The zero-order chi connectivity index (χ0) is 20.4. The Hall–Kier alpha value is -3.56. The first-order valence-corrected chi connectivity index (χ1v) is 9.41. The van der Waals surface area contributed by atoms with Crippen molar-refractivity contribution in [3.05, 3.63) is 53.7 Å². The molecule has 1 aliphatic rings. The van der Waals surface area contributed by atoms with E-state index in [0.29, 0.717) is 31.0 Å². The summed E-state index contributed by atoms with van der Waals surface area (Å²) in [5.41, 5.74) is 1.23. The summed E-state index contributed by atoms with van der Waals surface area (Å²) in [6, 6.07) is 5.55. The summed E-state index contributed by atoms with van der Waals surface area (Å²) in [6.07, 6.45) is 6.52. The van der Waals surface area contributed by atoms with Crippen molar-refractivity contribution in [3.63, 3.8) is 0 Å². The van der Waals surface area contributed by atoms with E-state index in [4.69, 9.17) is 5.11 Å². The molecule has 4 heterocycles.